The lowest BCUT2D eigenvalue weighted by Crippen LogP contribution is -2.27. The van der Waals surface area contributed by atoms with Gasteiger partial charge in [-0.25, -0.2) is 13.1 Å². The number of aryl methyl sites for hydroxylation is 1. The summed E-state index contributed by atoms with van der Waals surface area (Å²) in [6, 6.07) is 9.61. The van der Waals surface area contributed by atoms with E-state index in [1.165, 1.54) is 19.1 Å². The van der Waals surface area contributed by atoms with Gasteiger partial charge in [0, 0.05) is 18.7 Å². The summed E-state index contributed by atoms with van der Waals surface area (Å²) >= 11 is 0. The van der Waals surface area contributed by atoms with Crippen LogP contribution in [-0.4, -0.2) is 21.4 Å². The van der Waals surface area contributed by atoms with Gasteiger partial charge in [-0.15, -0.1) is 0 Å². The molecule has 0 aromatic heterocycles. The van der Waals surface area contributed by atoms with Crippen LogP contribution in [0.1, 0.15) is 56.3 Å². The third kappa shape index (κ3) is 5.11. The van der Waals surface area contributed by atoms with Crippen LogP contribution in [-0.2, 0) is 14.8 Å². The standard InChI is InChI=1S/C21H28N2O4S/c1-13(2)19-12-20(14(3)11-21(19)27-6)15(4)23-28(25,26)18-9-7-17(8-10-18)22-16(5)24/h7-13,15,23H,1-6H3,(H,22,24)/t15-/m1/s1. The van der Waals surface area contributed by atoms with Gasteiger partial charge < -0.3 is 10.1 Å². The summed E-state index contributed by atoms with van der Waals surface area (Å²) < 4.78 is 33.8. The predicted molar refractivity (Wildman–Crippen MR) is 111 cm³/mol. The average Bonchev–Trinajstić information content (AvgIpc) is 2.60. The molecular formula is C21H28N2O4S. The average molecular weight is 405 g/mol. The Morgan fingerprint density at radius 1 is 1.04 bits per heavy atom. The lowest BCUT2D eigenvalue weighted by atomic mass is 9.94. The number of sulfonamides is 1. The van der Waals surface area contributed by atoms with Gasteiger partial charge >= 0.3 is 0 Å². The highest BCUT2D eigenvalue weighted by Gasteiger charge is 2.21. The Morgan fingerprint density at radius 3 is 2.14 bits per heavy atom. The first-order chi connectivity index (χ1) is 13.0. The molecule has 0 aliphatic heterocycles. The molecule has 2 N–H and O–H groups in total. The van der Waals surface area contributed by atoms with Crippen LogP contribution in [0.2, 0.25) is 0 Å². The Kier molecular flexibility index (Phi) is 6.85. The first-order valence-electron chi connectivity index (χ1n) is 9.13. The Hall–Kier alpha value is -2.38. The minimum absolute atomic E-state index is 0.142. The molecule has 0 fully saturated rings. The predicted octanol–water partition coefficient (Wildman–Crippen LogP) is 4.12. The number of amides is 1. The van der Waals surface area contributed by atoms with Crippen LogP contribution in [0.5, 0.6) is 5.75 Å². The monoisotopic (exact) mass is 404 g/mol. The van der Waals surface area contributed by atoms with E-state index in [4.69, 9.17) is 4.74 Å². The molecule has 6 nitrogen and oxygen atoms in total. The van der Waals surface area contributed by atoms with Crippen LogP contribution in [0, 0.1) is 6.92 Å². The zero-order valence-electron chi connectivity index (χ0n) is 17.2. The molecule has 0 saturated heterocycles. The van der Waals surface area contributed by atoms with Gasteiger partial charge in [-0.3, -0.25) is 4.79 Å². The van der Waals surface area contributed by atoms with Crippen molar-refractivity contribution in [1.29, 1.82) is 0 Å². The molecule has 1 atom stereocenters. The molecule has 28 heavy (non-hydrogen) atoms. The number of carbonyl (C=O) groups is 1. The van der Waals surface area contributed by atoms with Crippen molar-refractivity contribution in [2.75, 3.05) is 12.4 Å². The molecule has 0 radical (unpaired) electrons. The molecule has 0 unspecified atom stereocenters. The van der Waals surface area contributed by atoms with Gasteiger partial charge in [-0.2, -0.15) is 0 Å². The van der Waals surface area contributed by atoms with Crippen molar-refractivity contribution >= 4 is 21.6 Å². The van der Waals surface area contributed by atoms with E-state index in [1.807, 2.05) is 26.0 Å². The topological polar surface area (TPSA) is 84.5 Å². The molecule has 0 aliphatic rings. The molecule has 0 heterocycles. The molecule has 2 aromatic carbocycles. The maximum atomic E-state index is 12.8. The lowest BCUT2D eigenvalue weighted by Gasteiger charge is -2.21. The number of carbonyl (C=O) groups excluding carboxylic acids is 1. The van der Waals surface area contributed by atoms with Crippen LogP contribution in [0.15, 0.2) is 41.3 Å². The van der Waals surface area contributed by atoms with Crippen molar-refractivity contribution in [3.8, 4) is 5.75 Å². The molecule has 152 valence electrons. The van der Waals surface area contributed by atoms with Crippen LogP contribution in [0.25, 0.3) is 0 Å². The second-order valence-electron chi connectivity index (χ2n) is 7.15. The Bertz CT molecular complexity index is 951. The fourth-order valence-corrected chi connectivity index (χ4v) is 4.32. The van der Waals surface area contributed by atoms with Crippen molar-refractivity contribution in [3.63, 3.8) is 0 Å². The maximum absolute atomic E-state index is 12.8. The van der Waals surface area contributed by atoms with Gasteiger partial charge in [0.25, 0.3) is 0 Å². The normalized spacial score (nSPS) is 12.7. The summed E-state index contributed by atoms with van der Waals surface area (Å²) in [5, 5.41) is 2.62. The van der Waals surface area contributed by atoms with Crippen molar-refractivity contribution in [2.24, 2.45) is 0 Å². The minimum atomic E-state index is -3.71. The molecule has 1 amide bonds. The Morgan fingerprint density at radius 2 is 1.64 bits per heavy atom. The Labute approximate surface area is 167 Å². The second kappa shape index (κ2) is 8.75. The van der Waals surface area contributed by atoms with Gasteiger partial charge in [0.15, 0.2) is 0 Å². The van der Waals surface area contributed by atoms with E-state index < -0.39 is 16.1 Å². The molecule has 7 heteroatoms. The largest absolute Gasteiger partial charge is 0.496 e. The molecule has 0 bridgehead atoms. The number of rotatable bonds is 7. The third-order valence-electron chi connectivity index (χ3n) is 4.52. The number of methoxy groups -OCH3 is 1. The van der Waals surface area contributed by atoms with E-state index in [2.05, 4.69) is 23.9 Å². The lowest BCUT2D eigenvalue weighted by molar-refractivity contribution is -0.114. The summed E-state index contributed by atoms with van der Waals surface area (Å²) in [6.45, 7) is 9.30. The SMILES string of the molecule is COc1cc(C)c([C@@H](C)NS(=O)(=O)c2ccc(NC(C)=O)cc2)cc1C(C)C. The first-order valence-corrected chi connectivity index (χ1v) is 10.6. The molecule has 0 saturated carbocycles. The van der Waals surface area contributed by atoms with Crippen LogP contribution in [0.4, 0.5) is 5.69 Å². The quantitative estimate of drug-likeness (QED) is 0.727. The summed E-state index contributed by atoms with van der Waals surface area (Å²) in [5.41, 5.74) is 3.45. The molecular weight excluding hydrogens is 376 g/mol. The number of hydrogen-bond donors (Lipinski definition) is 2. The number of ether oxygens (including phenoxy) is 1. The molecule has 2 aromatic rings. The minimum Gasteiger partial charge on any atom is -0.496 e. The number of hydrogen-bond acceptors (Lipinski definition) is 4. The highest BCUT2D eigenvalue weighted by atomic mass is 32.2. The fraction of sp³-hybridized carbons (Fsp3) is 0.381. The van der Waals surface area contributed by atoms with E-state index in [0.29, 0.717) is 5.69 Å². The Balaban J connectivity index is 2.29. The summed E-state index contributed by atoms with van der Waals surface area (Å²) in [6.07, 6.45) is 0. The van der Waals surface area contributed by atoms with Crippen molar-refractivity contribution in [3.05, 3.63) is 53.1 Å². The summed E-state index contributed by atoms with van der Waals surface area (Å²) in [4.78, 5) is 11.2. The zero-order valence-corrected chi connectivity index (χ0v) is 18.0. The smallest absolute Gasteiger partial charge is 0.241 e. The van der Waals surface area contributed by atoms with Gasteiger partial charge in [0.05, 0.1) is 12.0 Å². The van der Waals surface area contributed by atoms with E-state index in [1.54, 1.807) is 19.2 Å². The summed E-state index contributed by atoms with van der Waals surface area (Å²) in [5.74, 6) is 0.845. The summed E-state index contributed by atoms with van der Waals surface area (Å²) in [7, 11) is -2.08. The van der Waals surface area contributed by atoms with Crippen LogP contribution >= 0.6 is 0 Å². The van der Waals surface area contributed by atoms with E-state index >= 15 is 0 Å². The van der Waals surface area contributed by atoms with Crippen molar-refractivity contribution < 1.29 is 17.9 Å². The maximum Gasteiger partial charge on any atom is 0.241 e. The molecule has 2 rings (SSSR count). The van der Waals surface area contributed by atoms with Gasteiger partial charge in [-0.1, -0.05) is 13.8 Å². The van der Waals surface area contributed by atoms with Gasteiger partial charge in [0.2, 0.25) is 15.9 Å². The van der Waals surface area contributed by atoms with E-state index in [-0.39, 0.29) is 16.7 Å². The highest BCUT2D eigenvalue weighted by molar-refractivity contribution is 7.89. The molecule has 0 aliphatic carbocycles. The van der Waals surface area contributed by atoms with E-state index in [9.17, 15) is 13.2 Å². The van der Waals surface area contributed by atoms with Gasteiger partial charge in [0.1, 0.15) is 5.75 Å². The zero-order chi connectivity index (χ0) is 21.1. The first kappa shape index (κ1) is 21.9. The highest BCUT2D eigenvalue weighted by Crippen LogP contribution is 2.32. The van der Waals surface area contributed by atoms with E-state index in [0.717, 1.165) is 22.4 Å². The second-order valence-corrected chi connectivity index (χ2v) is 8.87. The van der Waals surface area contributed by atoms with Crippen molar-refractivity contribution in [1.82, 2.24) is 4.72 Å². The van der Waals surface area contributed by atoms with Crippen LogP contribution < -0.4 is 14.8 Å². The number of nitrogens with one attached hydrogen (secondary N) is 2. The fourth-order valence-electron chi connectivity index (χ4n) is 3.10. The number of anilines is 1. The van der Waals surface area contributed by atoms with Crippen LogP contribution in [0.3, 0.4) is 0 Å². The van der Waals surface area contributed by atoms with Crippen molar-refractivity contribution in [2.45, 2.75) is 51.5 Å². The third-order valence-corrected chi connectivity index (χ3v) is 6.08. The molecule has 0 spiro atoms. The number of benzene rings is 2. The van der Waals surface area contributed by atoms with Gasteiger partial charge in [-0.05, 0) is 72.9 Å².